The first-order valence-corrected chi connectivity index (χ1v) is 9.32. The third kappa shape index (κ3) is 3.97. The molecule has 6 nitrogen and oxygen atoms in total. The molecule has 0 aliphatic heterocycles. The molecule has 1 aliphatic rings. The minimum Gasteiger partial charge on any atom is -0.324 e. The smallest absolute Gasteiger partial charge is 0.229 e. The maximum atomic E-state index is 6.05. The molecule has 2 aromatic heterocycles. The number of aryl methyl sites for hydroxylation is 1. The van der Waals surface area contributed by atoms with E-state index in [1.165, 1.54) is 18.4 Å². The molecule has 1 aliphatic carbocycles. The summed E-state index contributed by atoms with van der Waals surface area (Å²) in [7, 11) is 6.05. The van der Waals surface area contributed by atoms with Gasteiger partial charge < -0.3 is 10.6 Å². The van der Waals surface area contributed by atoms with Crippen molar-refractivity contribution in [3.8, 4) is 0 Å². The molecule has 1 aromatic carbocycles. The van der Waals surface area contributed by atoms with Gasteiger partial charge in [-0.05, 0) is 48.3 Å². The van der Waals surface area contributed by atoms with Gasteiger partial charge in [0.15, 0.2) is 5.82 Å². The zero-order chi connectivity index (χ0) is 19.0. The second-order valence-corrected chi connectivity index (χ2v) is 7.46. The molecule has 0 spiro atoms. The zero-order valence-corrected chi connectivity index (χ0v) is 15.9. The van der Waals surface area contributed by atoms with Gasteiger partial charge in [0.1, 0.15) is 13.7 Å². The lowest BCUT2D eigenvalue weighted by molar-refractivity contribution is 0.866. The molecule has 2 heterocycles. The van der Waals surface area contributed by atoms with Gasteiger partial charge in [0, 0.05) is 29.6 Å². The largest absolute Gasteiger partial charge is 0.324 e. The molecular weight excluding hydrogens is 335 g/mol. The molecule has 0 amide bonds. The van der Waals surface area contributed by atoms with Crippen LogP contribution in [0.25, 0.3) is 0 Å². The van der Waals surface area contributed by atoms with Gasteiger partial charge in [-0.15, -0.1) is 0 Å². The van der Waals surface area contributed by atoms with Crippen molar-refractivity contribution < 1.29 is 0 Å². The minimum atomic E-state index is 0.455. The van der Waals surface area contributed by atoms with Crippen molar-refractivity contribution in [1.29, 1.82) is 0 Å². The molecular formula is C20H23BN6. The Labute approximate surface area is 160 Å². The molecule has 1 fully saturated rings. The maximum absolute atomic E-state index is 6.05. The summed E-state index contributed by atoms with van der Waals surface area (Å²) < 4.78 is 0. The number of hydrogen-bond acceptors (Lipinski definition) is 5. The SMILES string of the molecule is [B]c1cnc(Nc2cc(C(C)C)ccc2C)nc1Nc1cc(C2CC2)[nH]n1. The van der Waals surface area contributed by atoms with Crippen LogP contribution in [0.3, 0.4) is 0 Å². The summed E-state index contributed by atoms with van der Waals surface area (Å²) in [4.78, 5) is 8.86. The van der Waals surface area contributed by atoms with Crippen molar-refractivity contribution >= 4 is 36.6 Å². The highest BCUT2D eigenvalue weighted by atomic mass is 15.2. The van der Waals surface area contributed by atoms with Gasteiger partial charge in [0.25, 0.3) is 0 Å². The fraction of sp³-hybridized carbons (Fsp3) is 0.350. The van der Waals surface area contributed by atoms with E-state index in [2.05, 4.69) is 69.8 Å². The first-order valence-electron chi connectivity index (χ1n) is 9.32. The number of aromatic amines is 1. The third-order valence-corrected chi connectivity index (χ3v) is 4.85. The third-order valence-electron chi connectivity index (χ3n) is 4.85. The molecule has 2 radical (unpaired) electrons. The van der Waals surface area contributed by atoms with Gasteiger partial charge in [-0.25, -0.2) is 4.98 Å². The Morgan fingerprint density at radius 3 is 2.74 bits per heavy atom. The van der Waals surface area contributed by atoms with Crippen LogP contribution in [0.1, 0.15) is 55.3 Å². The van der Waals surface area contributed by atoms with E-state index in [0.717, 1.165) is 16.9 Å². The fourth-order valence-electron chi connectivity index (χ4n) is 2.93. The Balaban J connectivity index is 1.55. The van der Waals surface area contributed by atoms with E-state index in [1.54, 1.807) is 6.20 Å². The molecule has 0 unspecified atom stereocenters. The van der Waals surface area contributed by atoms with Crippen molar-refractivity contribution in [1.82, 2.24) is 20.2 Å². The minimum absolute atomic E-state index is 0.455. The molecule has 27 heavy (non-hydrogen) atoms. The predicted octanol–water partition coefficient (Wildman–Crippen LogP) is 3.79. The van der Waals surface area contributed by atoms with Crippen LogP contribution in [0.2, 0.25) is 0 Å². The van der Waals surface area contributed by atoms with Crippen LogP contribution in [0.4, 0.5) is 23.3 Å². The van der Waals surface area contributed by atoms with Crippen molar-refractivity contribution in [3.05, 3.63) is 47.3 Å². The summed E-state index contributed by atoms with van der Waals surface area (Å²) in [6, 6.07) is 8.42. The van der Waals surface area contributed by atoms with E-state index < -0.39 is 0 Å². The van der Waals surface area contributed by atoms with E-state index in [4.69, 9.17) is 7.85 Å². The number of benzene rings is 1. The van der Waals surface area contributed by atoms with Crippen molar-refractivity contribution in [2.45, 2.75) is 45.4 Å². The molecule has 0 saturated heterocycles. The first-order chi connectivity index (χ1) is 13.0. The Bertz CT molecular complexity index is 961. The summed E-state index contributed by atoms with van der Waals surface area (Å²) in [5.41, 5.74) is 5.03. The molecule has 0 atom stereocenters. The summed E-state index contributed by atoms with van der Waals surface area (Å²) in [6.45, 7) is 6.41. The van der Waals surface area contributed by atoms with E-state index >= 15 is 0 Å². The lowest BCUT2D eigenvalue weighted by atomic mass is 9.99. The second-order valence-electron chi connectivity index (χ2n) is 7.46. The van der Waals surface area contributed by atoms with Gasteiger partial charge >= 0.3 is 0 Å². The molecule has 3 N–H and O–H groups in total. The van der Waals surface area contributed by atoms with E-state index in [0.29, 0.717) is 34.9 Å². The van der Waals surface area contributed by atoms with Crippen LogP contribution >= 0.6 is 0 Å². The van der Waals surface area contributed by atoms with Crippen molar-refractivity contribution in [3.63, 3.8) is 0 Å². The Morgan fingerprint density at radius 2 is 2.00 bits per heavy atom. The predicted molar refractivity (Wildman–Crippen MR) is 110 cm³/mol. The van der Waals surface area contributed by atoms with Gasteiger partial charge in [0.2, 0.25) is 5.95 Å². The summed E-state index contributed by atoms with van der Waals surface area (Å²) in [5.74, 6) is 2.82. The first kappa shape index (κ1) is 17.6. The number of anilines is 4. The summed E-state index contributed by atoms with van der Waals surface area (Å²) in [6.07, 6.45) is 4.05. The number of nitrogens with zero attached hydrogens (tertiary/aromatic N) is 3. The lowest BCUT2D eigenvalue weighted by Crippen LogP contribution is -2.15. The number of H-pyrrole nitrogens is 1. The maximum Gasteiger partial charge on any atom is 0.229 e. The Morgan fingerprint density at radius 1 is 1.19 bits per heavy atom. The topological polar surface area (TPSA) is 78.5 Å². The number of aromatic nitrogens is 4. The normalized spacial score (nSPS) is 13.8. The highest BCUT2D eigenvalue weighted by Gasteiger charge is 2.25. The van der Waals surface area contributed by atoms with Crippen LogP contribution in [0.5, 0.6) is 0 Å². The van der Waals surface area contributed by atoms with E-state index in [1.807, 2.05) is 6.07 Å². The highest BCUT2D eigenvalue weighted by molar-refractivity contribution is 6.35. The molecule has 4 rings (SSSR count). The zero-order valence-electron chi connectivity index (χ0n) is 15.9. The van der Waals surface area contributed by atoms with Gasteiger partial charge in [-0.3, -0.25) is 5.10 Å². The number of nitrogens with one attached hydrogen (secondary N) is 3. The molecule has 136 valence electrons. The van der Waals surface area contributed by atoms with E-state index in [-0.39, 0.29) is 0 Å². The number of rotatable bonds is 6. The quantitative estimate of drug-likeness (QED) is 0.585. The van der Waals surface area contributed by atoms with Crippen molar-refractivity contribution in [2.24, 2.45) is 0 Å². The second kappa shape index (κ2) is 7.06. The summed E-state index contributed by atoms with van der Waals surface area (Å²) >= 11 is 0. The van der Waals surface area contributed by atoms with Crippen LogP contribution in [-0.2, 0) is 0 Å². The van der Waals surface area contributed by atoms with Crippen molar-refractivity contribution in [2.75, 3.05) is 10.6 Å². The van der Waals surface area contributed by atoms with Crippen LogP contribution < -0.4 is 16.1 Å². The standard InChI is InChI=1S/C20H23BN6/c1-11(2)14-5-4-12(3)16(8-14)23-20-22-10-15(21)19(25-20)24-18-9-17(26-27-18)13-6-7-13/h4-5,8-11,13H,6-7H2,1-3H3,(H3,22,23,24,25,26,27). The average Bonchev–Trinajstić information content (AvgIpc) is 3.39. The van der Waals surface area contributed by atoms with Gasteiger partial charge in [-0.2, -0.15) is 10.1 Å². The van der Waals surface area contributed by atoms with Gasteiger partial charge in [0.05, 0.1) is 0 Å². The lowest BCUT2D eigenvalue weighted by Gasteiger charge is -2.14. The molecule has 1 saturated carbocycles. The fourth-order valence-corrected chi connectivity index (χ4v) is 2.93. The summed E-state index contributed by atoms with van der Waals surface area (Å²) in [5, 5.41) is 13.9. The van der Waals surface area contributed by atoms with Crippen LogP contribution in [0.15, 0.2) is 30.5 Å². The molecule has 0 bridgehead atoms. The Hall–Kier alpha value is -2.83. The Kier molecular flexibility index (Phi) is 4.60. The highest BCUT2D eigenvalue weighted by Crippen LogP contribution is 2.39. The van der Waals surface area contributed by atoms with Crippen LogP contribution in [0, 0.1) is 6.92 Å². The monoisotopic (exact) mass is 358 g/mol. The van der Waals surface area contributed by atoms with E-state index in [9.17, 15) is 0 Å². The average molecular weight is 358 g/mol. The number of hydrogen-bond donors (Lipinski definition) is 3. The molecule has 3 aromatic rings. The van der Waals surface area contributed by atoms with Gasteiger partial charge in [-0.1, -0.05) is 26.0 Å². The van der Waals surface area contributed by atoms with Crippen LogP contribution in [-0.4, -0.2) is 28.0 Å². The molecule has 7 heteroatoms.